The van der Waals surface area contributed by atoms with Crippen molar-refractivity contribution < 1.29 is 23.9 Å². The van der Waals surface area contributed by atoms with Crippen molar-refractivity contribution >= 4 is 34.8 Å². The highest BCUT2D eigenvalue weighted by Gasteiger charge is 2.35. The number of amides is 3. The van der Waals surface area contributed by atoms with E-state index in [0.29, 0.717) is 17.1 Å². The largest absolute Gasteiger partial charge is 0.493 e. The monoisotopic (exact) mass is 502 g/mol. The van der Waals surface area contributed by atoms with Gasteiger partial charge < -0.3 is 19.7 Å². The van der Waals surface area contributed by atoms with Crippen LogP contribution in [0.3, 0.4) is 0 Å². The Morgan fingerprint density at radius 3 is 2.43 bits per heavy atom. The van der Waals surface area contributed by atoms with Crippen molar-refractivity contribution in [3.05, 3.63) is 77.9 Å². The van der Waals surface area contributed by atoms with Gasteiger partial charge in [-0.1, -0.05) is 42.0 Å². The van der Waals surface area contributed by atoms with Crippen LogP contribution in [0.4, 0.5) is 17.1 Å². The van der Waals surface area contributed by atoms with E-state index in [1.54, 1.807) is 23.1 Å². The molecule has 192 valence electrons. The van der Waals surface area contributed by atoms with Gasteiger partial charge in [0.05, 0.1) is 18.7 Å². The van der Waals surface area contributed by atoms with E-state index in [9.17, 15) is 14.4 Å². The second kappa shape index (κ2) is 11.5. The van der Waals surface area contributed by atoms with Gasteiger partial charge in [0.1, 0.15) is 0 Å². The fourth-order valence-corrected chi connectivity index (χ4v) is 4.05. The molecule has 1 atom stereocenters. The number of ether oxygens (including phenoxy) is 2. The Labute approximate surface area is 215 Å². The zero-order valence-corrected chi connectivity index (χ0v) is 21.0. The smallest absolute Gasteiger partial charge is 0.262 e. The molecule has 1 fully saturated rings. The summed E-state index contributed by atoms with van der Waals surface area (Å²) >= 11 is 0. The first-order valence-corrected chi connectivity index (χ1v) is 11.9. The minimum atomic E-state index is -0.517. The number of hydrogen-bond donors (Lipinski definition) is 3. The molecule has 3 amide bonds. The normalized spacial score (nSPS) is 14.7. The van der Waals surface area contributed by atoms with E-state index in [4.69, 9.17) is 9.47 Å². The summed E-state index contributed by atoms with van der Waals surface area (Å²) in [6.45, 7) is 3.90. The summed E-state index contributed by atoms with van der Waals surface area (Å²) in [5, 5.41) is 2.82. The minimum absolute atomic E-state index is 0.103. The van der Waals surface area contributed by atoms with Crippen LogP contribution in [0.15, 0.2) is 66.7 Å². The standard InChI is InChI=1S/C28H30N4O5/c1-18-11-13-21(14-12-18)32-16-20(15-26(32)34)28(35)31-30-23-9-6-10-24(36-3)27(23)37-17-25(33)29-22-8-5-4-7-19(22)2/h4-14,20,30H,15-17H2,1-3H3,(H,29,33)(H,31,35)/t20-/m0/s1. The van der Waals surface area contributed by atoms with Gasteiger partial charge in [0.25, 0.3) is 5.91 Å². The van der Waals surface area contributed by atoms with Crippen LogP contribution < -0.4 is 30.5 Å². The summed E-state index contributed by atoms with van der Waals surface area (Å²) in [4.78, 5) is 39.5. The molecule has 3 N–H and O–H groups in total. The Balaban J connectivity index is 1.37. The first kappa shape index (κ1) is 25.6. The molecule has 0 spiro atoms. The van der Waals surface area contributed by atoms with Crippen molar-refractivity contribution in [2.75, 3.05) is 35.9 Å². The zero-order chi connectivity index (χ0) is 26.4. The molecule has 0 saturated carbocycles. The summed E-state index contributed by atoms with van der Waals surface area (Å²) in [7, 11) is 1.49. The van der Waals surface area contributed by atoms with Crippen molar-refractivity contribution in [2.24, 2.45) is 5.92 Å². The molecule has 0 unspecified atom stereocenters. The topological polar surface area (TPSA) is 109 Å². The Morgan fingerprint density at radius 2 is 1.70 bits per heavy atom. The minimum Gasteiger partial charge on any atom is -0.493 e. The molecule has 0 aliphatic carbocycles. The van der Waals surface area contributed by atoms with Crippen molar-refractivity contribution in [1.29, 1.82) is 0 Å². The number of nitrogens with one attached hydrogen (secondary N) is 3. The maximum atomic E-state index is 12.9. The lowest BCUT2D eigenvalue weighted by Gasteiger charge is -2.19. The lowest BCUT2D eigenvalue weighted by atomic mass is 10.1. The summed E-state index contributed by atoms with van der Waals surface area (Å²) in [5.41, 5.74) is 9.44. The molecule has 0 aromatic heterocycles. The Morgan fingerprint density at radius 1 is 0.973 bits per heavy atom. The SMILES string of the molecule is COc1cccc(NNC(=O)[C@H]2CC(=O)N(c3ccc(C)cc3)C2)c1OCC(=O)Nc1ccccc1C. The highest BCUT2D eigenvalue weighted by atomic mass is 16.5. The molecule has 37 heavy (non-hydrogen) atoms. The number of hydrazine groups is 1. The van der Waals surface area contributed by atoms with Gasteiger partial charge in [-0.15, -0.1) is 0 Å². The van der Waals surface area contributed by atoms with Crippen LogP contribution in [0.2, 0.25) is 0 Å². The van der Waals surface area contributed by atoms with E-state index in [1.807, 2.05) is 62.4 Å². The van der Waals surface area contributed by atoms with Gasteiger partial charge in [-0.25, -0.2) is 0 Å². The highest BCUT2D eigenvalue weighted by Crippen LogP contribution is 2.35. The molecule has 1 aliphatic rings. The van der Waals surface area contributed by atoms with E-state index in [-0.39, 0.29) is 43.0 Å². The Kier molecular flexibility index (Phi) is 7.92. The average Bonchev–Trinajstić information content (AvgIpc) is 3.29. The van der Waals surface area contributed by atoms with E-state index in [2.05, 4.69) is 16.2 Å². The molecule has 3 aromatic carbocycles. The van der Waals surface area contributed by atoms with E-state index >= 15 is 0 Å². The van der Waals surface area contributed by atoms with Crippen LogP contribution >= 0.6 is 0 Å². The number of rotatable bonds is 9. The first-order valence-electron chi connectivity index (χ1n) is 11.9. The molecule has 1 heterocycles. The predicted molar refractivity (Wildman–Crippen MR) is 142 cm³/mol. The van der Waals surface area contributed by atoms with Crippen molar-refractivity contribution in [2.45, 2.75) is 20.3 Å². The van der Waals surface area contributed by atoms with Crippen LogP contribution in [0.25, 0.3) is 0 Å². The molecule has 1 saturated heterocycles. The fourth-order valence-electron chi connectivity index (χ4n) is 4.05. The fraction of sp³-hybridized carbons (Fsp3) is 0.250. The van der Waals surface area contributed by atoms with Crippen LogP contribution in [-0.4, -0.2) is 38.0 Å². The number of hydrogen-bond acceptors (Lipinski definition) is 6. The summed E-state index contributed by atoms with van der Waals surface area (Å²) < 4.78 is 11.2. The molecular weight excluding hydrogens is 472 g/mol. The number of nitrogens with zero attached hydrogens (tertiary/aromatic N) is 1. The molecular formula is C28H30N4O5. The van der Waals surface area contributed by atoms with Crippen molar-refractivity contribution in [3.63, 3.8) is 0 Å². The zero-order valence-electron chi connectivity index (χ0n) is 21.0. The Bertz CT molecular complexity index is 1290. The van der Waals surface area contributed by atoms with Crippen LogP contribution in [0, 0.1) is 19.8 Å². The Hall–Kier alpha value is -4.53. The van der Waals surface area contributed by atoms with Crippen LogP contribution in [0.1, 0.15) is 17.5 Å². The third-order valence-corrected chi connectivity index (χ3v) is 6.13. The van der Waals surface area contributed by atoms with Gasteiger partial charge >= 0.3 is 0 Å². The second-order valence-electron chi connectivity index (χ2n) is 8.84. The number of aryl methyl sites for hydroxylation is 2. The lowest BCUT2D eigenvalue weighted by Crippen LogP contribution is -2.36. The summed E-state index contributed by atoms with van der Waals surface area (Å²) in [6, 6.07) is 20.2. The number of methoxy groups -OCH3 is 1. The molecule has 4 rings (SSSR count). The van der Waals surface area contributed by atoms with Gasteiger partial charge in [-0.2, -0.15) is 0 Å². The van der Waals surface area contributed by atoms with Gasteiger partial charge in [0.2, 0.25) is 11.8 Å². The summed E-state index contributed by atoms with van der Waals surface area (Å²) in [5.74, 6) is -0.617. The van der Waals surface area contributed by atoms with E-state index < -0.39 is 5.92 Å². The van der Waals surface area contributed by atoms with E-state index in [1.165, 1.54) is 7.11 Å². The van der Waals surface area contributed by atoms with Gasteiger partial charge in [0, 0.05) is 24.3 Å². The molecule has 0 radical (unpaired) electrons. The highest BCUT2D eigenvalue weighted by molar-refractivity contribution is 6.00. The third kappa shape index (κ3) is 6.19. The molecule has 1 aliphatic heterocycles. The molecule has 3 aromatic rings. The van der Waals surface area contributed by atoms with Gasteiger partial charge in [-0.05, 0) is 49.7 Å². The molecule has 9 heteroatoms. The molecule has 0 bridgehead atoms. The number of para-hydroxylation sites is 2. The number of carbonyl (C=O) groups excluding carboxylic acids is 3. The third-order valence-electron chi connectivity index (χ3n) is 6.13. The van der Waals surface area contributed by atoms with Crippen LogP contribution in [0.5, 0.6) is 11.5 Å². The average molecular weight is 503 g/mol. The number of benzene rings is 3. The van der Waals surface area contributed by atoms with E-state index in [0.717, 1.165) is 16.8 Å². The maximum absolute atomic E-state index is 12.9. The number of anilines is 3. The van der Waals surface area contributed by atoms with Gasteiger partial charge in [0.15, 0.2) is 18.1 Å². The first-order chi connectivity index (χ1) is 17.9. The second-order valence-corrected chi connectivity index (χ2v) is 8.84. The van der Waals surface area contributed by atoms with Crippen molar-refractivity contribution in [1.82, 2.24) is 5.43 Å². The summed E-state index contributed by atoms with van der Waals surface area (Å²) in [6.07, 6.45) is 0.113. The van der Waals surface area contributed by atoms with Gasteiger partial charge in [-0.3, -0.25) is 25.2 Å². The van der Waals surface area contributed by atoms with Crippen LogP contribution in [-0.2, 0) is 14.4 Å². The quantitative estimate of drug-likeness (QED) is 0.384. The lowest BCUT2D eigenvalue weighted by molar-refractivity contribution is -0.125. The predicted octanol–water partition coefficient (Wildman–Crippen LogP) is 3.83. The van der Waals surface area contributed by atoms with Crippen molar-refractivity contribution in [3.8, 4) is 11.5 Å². The molecule has 9 nitrogen and oxygen atoms in total. The number of carbonyl (C=O) groups is 3. The maximum Gasteiger partial charge on any atom is 0.262 e.